The Hall–Kier alpha value is -3.31. The van der Waals surface area contributed by atoms with Crippen molar-refractivity contribution in [3.63, 3.8) is 0 Å². The topological polar surface area (TPSA) is 113 Å². The van der Waals surface area contributed by atoms with Gasteiger partial charge in [-0.25, -0.2) is 12.8 Å². The summed E-state index contributed by atoms with van der Waals surface area (Å²) in [4.78, 5) is 38.9. The molecular formula is C23H24FN3O6S. The molecule has 1 fully saturated rings. The number of amides is 2. The molecule has 2 aliphatic heterocycles. The van der Waals surface area contributed by atoms with Gasteiger partial charge in [0.15, 0.2) is 6.10 Å². The van der Waals surface area contributed by atoms with Gasteiger partial charge < -0.3 is 10.1 Å². The Morgan fingerprint density at radius 3 is 2.41 bits per heavy atom. The molecule has 0 spiro atoms. The second kappa shape index (κ2) is 9.51. The van der Waals surface area contributed by atoms with Gasteiger partial charge in [-0.2, -0.15) is 4.31 Å². The van der Waals surface area contributed by atoms with Gasteiger partial charge in [0, 0.05) is 13.1 Å². The first-order valence-corrected chi connectivity index (χ1v) is 12.3. The highest BCUT2D eigenvalue weighted by molar-refractivity contribution is 7.89. The minimum Gasteiger partial charge on any atom is -0.452 e. The molecule has 1 saturated heterocycles. The molecule has 0 radical (unpaired) electrons. The van der Waals surface area contributed by atoms with E-state index in [4.69, 9.17) is 4.74 Å². The van der Waals surface area contributed by atoms with Crippen molar-refractivity contribution in [1.82, 2.24) is 4.31 Å². The molecular weight excluding hydrogens is 465 g/mol. The largest absolute Gasteiger partial charge is 0.452 e. The quantitative estimate of drug-likeness (QED) is 0.644. The van der Waals surface area contributed by atoms with Gasteiger partial charge in [-0.15, -0.1) is 0 Å². The van der Waals surface area contributed by atoms with Gasteiger partial charge in [0.25, 0.3) is 5.91 Å². The SMILES string of the molecule is C[C@H](OC(=O)C1CCN(S(=O)(=O)c2ccc(F)cc2)CC1)C(=O)N1CC(=O)Nc2ccccc21. The van der Waals surface area contributed by atoms with Gasteiger partial charge in [0.05, 0.1) is 22.2 Å². The number of hydrogen-bond acceptors (Lipinski definition) is 6. The zero-order chi connectivity index (χ0) is 24.5. The monoisotopic (exact) mass is 489 g/mol. The van der Waals surface area contributed by atoms with Crippen LogP contribution < -0.4 is 10.2 Å². The maximum Gasteiger partial charge on any atom is 0.309 e. The fourth-order valence-corrected chi connectivity index (χ4v) is 5.53. The lowest BCUT2D eigenvalue weighted by Gasteiger charge is -2.32. The van der Waals surface area contributed by atoms with Crippen LogP contribution in [0.2, 0.25) is 0 Å². The third-order valence-corrected chi connectivity index (χ3v) is 7.83. The predicted molar refractivity (Wildman–Crippen MR) is 121 cm³/mol. The maximum absolute atomic E-state index is 13.1. The number of halogens is 1. The molecule has 0 unspecified atom stereocenters. The second-order valence-electron chi connectivity index (χ2n) is 8.20. The summed E-state index contributed by atoms with van der Waals surface area (Å²) in [5, 5.41) is 2.69. The number of rotatable bonds is 5. The predicted octanol–water partition coefficient (Wildman–Crippen LogP) is 2.14. The number of nitrogens with one attached hydrogen (secondary N) is 1. The number of nitrogens with zero attached hydrogens (tertiary/aromatic N) is 2. The Balaban J connectivity index is 1.35. The van der Waals surface area contributed by atoms with E-state index in [1.165, 1.54) is 28.3 Å². The van der Waals surface area contributed by atoms with Gasteiger partial charge in [0.1, 0.15) is 12.4 Å². The van der Waals surface area contributed by atoms with Crippen LogP contribution in [0.5, 0.6) is 0 Å². The van der Waals surface area contributed by atoms with Gasteiger partial charge in [-0.3, -0.25) is 19.3 Å². The number of fused-ring (bicyclic) bond motifs is 1. The molecule has 9 nitrogen and oxygen atoms in total. The summed E-state index contributed by atoms with van der Waals surface area (Å²) < 4.78 is 45.3. The van der Waals surface area contributed by atoms with Crippen LogP contribution in [0.1, 0.15) is 19.8 Å². The average molecular weight is 490 g/mol. The van der Waals surface area contributed by atoms with Crippen LogP contribution in [0.3, 0.4) is 0 Å². The van der Waals surface area contributed by atoms with Crippen molar-refractivity contribution in [1.29, 1.82) is 0 Å². The molecule has 1 N–H and O–H groups in total. The van der Waals surface area contributed by atoms with Crippen molar-refractivity contribution in [2.24, 2.45) is 5.92 Å². The lowest BCUT2D eigenvalue weighted by Crippen LogP contribution is -2.47. The number of benzene rings is 2. The van der Waals surface area contributed by atoms with Crippen LogP contribution in [0.15, 0.2) is 53.4 Å². The van der Waals surface area contributed by atoms with E-state index in [2.05, 4.69) is 5.32 Å². The molecule has 2 aromatic carbocycles. The number of sulfonamides is 1. The Morgan fingerprint density at radius 1 is 1.09 bits per heavy atom. The van der Waals surface area contributed by atoms with E-state index in [9.17, 15) is 27.2 Å². The Morgan fingerprint density at radius 2 is 1.74 bits per heavy atom. The second-order valence-corrected chi connectivity index (χ2v) is 10.1. The van der Waals surface area contributed by atoms with Gasteiger partial charge >= 0.3 is 5.97 Å². The third kappa shape index (κ3) is 4.80. The molecule has 4 rings (SSSR count). The first-order valence-electron chi connectivity index (χ1n) is 10.8. The van der Waals surface area contributed by atoms with Gasteiger partial charge in [0.2, 0.25) is 15.9 Å². The van der Waals surface area contributed by atoms with Crippen molar-refractivity contribution in [2.45, 2.75) is 30.8 Å². The van der Waals surface area contributed by atoms with Crippen LogP contribution in [0.25, 0.3) is 0 Å². The van der Waals surface area contributed by atoms with E-state index in [-0.39, 0.29) is 43.3 Å². The number of esters is 1. The van der Waals surface area contributed by atoms with Gasteiger partial charge in [-0.05, 0) is 56.2 Å². The summed E-state index contributed by atoms with van der Waals surface area (Å²) in [6, 6.07) is 11.4. The average Bonchev–Trinajstić information content (AvgIpc) is 2.83. The highest BCUT2D eigenvalue weighted by atomic mass is 32.2. The first-order chi connectivity index (χ1) is 16.2. The molecule has 1 atom stereocenters. The van der Waals surface area contributed by atoms with E-state index in [0.29, 0.717) is 11.4 Å². The van der Waals surface area contributed by atoms with E-state index < -0.39 is 39.7 Å². The molecule has 180 valence electrons. The molecule has 0 aliphatic carbocycles. The molecule has 0 aromatic heterocycles. The minimum atomic E-state index is -3.80. The summed E-state index contributed by atoms with van der Waals surface area (Å²) in [5.74, 6) is -2.55. The van der Waals surface area contributed by atoms with E-state index in [1.807, 2.05) is 0 Å². The molecule has 2 heterocycles. The van der Waals surface area contributed by atoms with Crippen molar-refractivity contribution in [2.75, 3.05) is 29.9 Å². The summed E-state index contributed by atoms with van der Waals surface area (Å²) in [5.41, 5.74) is 1.02. The third-order valence-electron chi connectivity index (χ3n) is 5.92. The van der Waals surface area contributed by atoms with E-state index in [1.54, 1.807) is 24.3 Å². The Bertz CT molecular complexity index is 1210. The van der Waals surface area contributed by atoms with Crippen LogP contribution in [0, 0.1) is 11.7 Å². The van der Waals surface area contributed by atoms with Crippen LogP contribution in [-0.4, -0.2) is 56.2 Å². The summed E-state index contributed by atoms with van der Waals surface area (Å²) in [6.07, 6.45) is -0.656. The summed E-state index contributed by atoms with van der Waals surface area (Å²) in [7, 11) is -3.80. The molecule has 34 heavy (non-hydrogen) atoms. The molecule has 2 aliphatic rings. The number of carbonyl (C=O) groups excluding carboxylic acids is 3. The van der Waals surface area contributed by atoms with E-state index >= 15 is 0 Å². The number of ether oxygens (including phenoxy) is 1. The normalized spacial score (nSPS) is 18.1. The maximum atomic E-state index is 13.1. The first kappa shape index (κ1) is 23.8. The Labute approximate surface area is 196 Å². The molecule has 0 bridgehead atoms. The highest BCUT2D eigenvalue weighted by Crippen LogP contribution is 2.30. The number of anilines is 2. The van der Waals surface area contributed by atoms with Crippen molar-refractivity contribution in [3.8, 4) is 0 Å². The fourth-order valence-electron chi connectivity index (χ4n) is 4.06. The molecule has 11 heteroatoms. The smallest absolute Gasteiger partial charge is 0.309 e. The van der Waals surface area contributed by atoms with Crippen LogP contribution >= 0.6 is 0 Å². The lowest BCUT2D eigenvalue weighted by atomic mass is 9.98. The summed E-state index contributed by atoms with van der Waals surface area (Å²) in [6.45, 7) is 1.46. The minimum absolute atomic E-state index is 0.0139. The zero-order valence-corrected chi connectivity index (χ0v) is 19.3. The lowest BCUT2D eigenvalue weighted by molar-refractivity contribution is -0.159. The Kier molecular flexibility index (Phi) is 6.67. The van der Waals surface area contributed by atoms with Crippen LogP contribution in [-0.2, 0) is 29.1 Å². The van der Waals surface area contributed by atoms with E-state index in [0.717, 1.165) is 12.1 Å². The number of hydrogen-bond donors (Lipinski definition) is 1. The number of para-hydroxylation sites is 2. The van der Waals surface area contributed by atoms with Crippen molar-refractivity contribution < 1.29 is 31.9 Å². The molecule has 2 aromatic rings. The number of carbonyl (C=O) groups is 3. The summed E-state index contributed by atoms with van der Waals surface area (Å²) >= 11 is 0. The number of piperidine rings is 1. The molecule has 2 amide bonds. The van der Waals surface area contributed by atoms with Crippen molar-refractivity contribution in [3.05, 3.63) is 54.3 Å². The van der Waals surface area contributed by atoms with Crippen LogP contribution in [0.4, 0.5) is 15.8 Å². The zero-order valence-electron chi connectivity index (χ0n) is 18.4. The highest BCUT2D eigenvalue weighted by Gasteiger charge is 2.36. The van der Waals surface area contributed by atoms with Gasteiger partial charge in [-0.1, -0.05) is 12.1 Å². The standard InChI is InChI=1S/C23H24FN3O6S/c1-15(22(29)27-14-21(28)25-19-4-2-3-5-20(19)27)33-23(30)16-10-12-26(13-11-16)34(31,32)18-8-6-17(24)7-9-18/h2-9,15-16H,10-14H2,1H3,(H,25,28)/t15-/m0/s1. The fraction of sp³-hybridized carbons (Fsp3) is 0.348. The molecule has 0 saturated carbocycles. The van der Waals surface area contributed by atoms with Crippen molar-refractivity contribution >= 4 is 39.2 Å².